The number of nitrogens with two attached hydrogens (primary N) is 3. The number of aliphatic hydroxyl groups excluding tert-OH is 1. The molecule has 0 aliphatic rings. The number of carboxylic acids is 1. The zero-order chi connectivity index (χ0) is 28.0. The van der Waals surface area contributed by atoms with Crippen LogP contribution in [0.2, 0.25) is 0 Å². The van der Waals surface area contributed by atoms with Gasteiger partial charge in [-0.15, -0.1) is 0 Å². The van der Waals surface area contributed by atoms with Crippen LogP contribution >= 0.6 is 0 Å². The maximum Gasteiger partial charge on any atom is 0.326 e. The van der Waals surface area contributed by atoms with Crippen molar-refractivity contribution in [2.24, 2.45) is 28.1 Å². The van der Waals surface area contributed by atoms with Crippen molar-refractivity contribution in [3.63, 3.8) is 0 Å². The summed E-state index contributed by atoms with van der Waals surface area (Å²) in [6, 6.07) is 4.00. The molecule has 0 spiro atoms. The fraction of sp³-hybridized carbons (Fsp3) is 0.542. The van der Waals surface area contributed by atoms with E-state index in [9.17, 15) is 29.4 Å². The lowest BCUT2D eigenvalue weighted by Gasteiger charge is -2.24. The summed E-state index contributed by atoms with van der Waals surface area (Å²) >= 11 is 0. The van der Waals surface area contributed by atoms with E-state index in [1.807, 2.05) is 13.8 Å². The Kier molecular flexibility index (Phi) is 13.6. The number of carbonyl (C=O) groups is 4. The molecule has 1 aromatic rings. The first-order chi connectivity index (χ1) is 17.4. The smallest absolute Gasteiger partial charge is 0.326 e. The van der Waals surface area contributed by atoms with Crippen LogP contribution in [0.3, 0.4) is 0 Å². The Labute approximate surface area is 216 Å². The molecule has 37 heavy (non-hydrogen) atoms. The third-order valence-corrected chi connectivity index (χ3v) is 5.35. The molecule has 3 amide bonds. The number of aliphatic hydroxyl groups is 1. The van der Waals surface area contributed by atoms with Crippen molar-refractivity contribution in [3.8, 4) is 0 Å². The van der Waals surface area contributed by atoms with Gasteiger partial charge in [-0.2, -0.15) is 0 Å². The van der Waals surface area contributed by atoms with Crippen LogP contribution in [0.15, 0.2) is 35.3 Å². The molecule has 13 nitrogen and oxygen atoms in total. The third-order valence-electron chi connectivity index (χ3n) is 5.35. The van der Waals surface area contributed by atoms with Crippen molar-refractivity contribution in [2.45, 2.75) is 63.7 Å². The first kappa shape index (κ1) is 31.3. The van der Waals surface area contributed by atoms with Gasteiger partial charge in [0.2, 0.25) is 17.7 Å². The average molecular weight is 522 g/mol. The molecule has 1 rings (SSSR count). The number of nitrogens with one attached hydrogen (secondary N) is 3. The molecule has 206 valence electrons. The van der Waals surface area contributed by atoms with Crippen molar-refractivity contribution in [3.05, 3.63) is 35.9 Å². The van der Waals surface area contributed by atoms with E-state index in [4.69, 9.17) is 17.2 Å². The van der Waals surface area contributed by atoms with E-state index in [0.29, 0.717) is 18.4 Å². The lowest BCUT2D eigenvalue weighted by Crippen LogP contribution is -2.58. The molecule has 0 bridgehead atoms. The van der Waals surface area contributed by atoms with Gasteiger partial charge < -0.3 is 43.4 Å². The molecule has 4 atom stereocenters. The van der Waals surface area contributed by atoms with Crippen molar-refractivity contribution >= 4 is 29.7 Å². The number of nitrogens with zero attached hydrogens (tertiary/aromatic N) is 1. The third kappa shape index (κ3) is 12.2. The fourth-order valence-corrected chi connectivity index (χ4v) is 3.45. The Morgan fingerprint density at radius 2 is 1.49 bits per heavy atom. The Morgan fingerprint density at radius 1 is 0.919 bits per heavy atom. The van der Waals surface area contributed by atoms with Crippen LogP contribution in [0.25, 0.3) is 0 Å². The normalized spacial score (nSPS) is 14.1. The Balaban J connectivity index is 2.90. The molecule has 0 aliphatic carbocycles. The Hall–Kier alpha value is -3.71. The van der Waals surface area contributed by atoms with Gasteiger partial charge in [0.1, 0.15) is 18.1 Å². The highest BCUT2D eigenvalue weighted by molar-refractivity contribution is 5.94. The highest BCUT2D eigenvalue weighted by Gasteiger charge is 2.30. The van der Waals surface area contributed by atoms with Crippen LogP contribution in [0.4, 0.5) is 0 Å². The van der Waals surface area contributed by atoms with E-state index in [1.54, 1.807) is 30.3 Å². The number of hydrogen-bond acceptors (Lipinski definition) is 7. The predicted octanol–water partition coefficient (Wildman–Crippen LogP) is -1.81. The highest BCUT2D eigenvalue weighted by Crippen LogP contribution is 2.06. The summed E-state index contributed by atoms with van der Waals surface area (Å²) in [5, 5.41) is 26.6. The zero-order valence-corrected chi connectivity index (χ0v) is 21.2. The summed E-state index contributed by atoms with van der Waals surface area (Å²) < 4.78 is 0. The van der Waals surface area contributed by atoms with Crippen molar-refractivity contribution in [2.75, 3.05) is 13.2 Å². The quantitative estimate of drug-likeness (QED) is 0.0694. The maximum absolute atomic E-state index is 13.0. The molecule has 0 aromatic heterocycles. The molecule has 0 saturated heterocycles. The molecule has 0 fully saturated rings. The van der Waals surface area contributed by atoms with E-state index in [2.05, 4.69) is 20.9 Å². The highest BCUT2D eigenvalue weighted by atomic mass is 16.4. The molecule has 4 unspecified atom stereocenters. The number of amides is 3. The summed E-state index contributed by atoms with van der Waals surface area (Å²) in [5.74, 6) is -3.43. The largest absolute Gasteiger partial charge is 0.480 e. The molecule has 11 N–H and O–H groups in total. The van der Waals surface area contributed by atoms with Crippen LogP contribution in [0.5, 0.6) is 0 Å². The number of benzene rings is 1. The van der Waals surface area contributed by atoms with Gasteiger partial charge in [0.25, 0.3) is 0 Å². The Bertz CT molecular complexity index is 921. The van der Waals surface area contributed by atoms with E-state index in [-0.39, 0.29) is 31.3 Å². The lowest BCUT2D eigenvalue weighted by atomic mass is 10.0. The summed E-state index contributed by atoms with van der Waals surface area (Å²) in [5.41, 5.74) is 17.2. The summed E-state index contributed by atoms with van der Waals surface area (Å²) in [6.45, 7) is 3.21. The van der Waals surface area contributed by atoms with Gasteiger partial charge in [-0.3, -0.25) is 19.4 Å². The van der Waals surface area contributed by atoms with Crippen molar-refractivity contribution in [1.82, 2.24) is 16.0 Å². The molecule has 1 aromatic carbocycles. The maximum atomic E-state index is 13.0. The van der Waals surface area contributed by atoms with Crippen LogP contribution in [0, 0.1) is 5.92 Å². The average Bonchev–Trinajstić information content (AvgIpc) is 2.83. The predicted molar refractivity (Wildman–Crippen MR) is 138 cm³/mol. The number of rotatable bonds is 16. The SMILES string of the molecule is CC(C)CC(N)C(=O)NC(CCCN=C(N)N)C(=O)NC(CO)C(=O)NC(Cc1ccccc1)C(=O)O. The minimum atomic E-state index is -1.45. The van der Waals surface area contributed by atoms with Gasteiger partial charge in [0, 0.05) is 13.0 Å². The fourth-order valence-electron chi connectivity index (χ4n) is 3.45. The summed E-state index contributed by atoms with van der Waals surface area (Å²) in [7, 11) is 0. The minimum absolute atomic E-state index is 0.00518. The van der Waals surface area contributed by atoms with Gasteiger partial charge in [-0.1, -0.05) is 44.2 Å². The molecule has 0 radical (unpaired) electrons. The second-order valence-corrected chi connectivity index (χ2v) is 9.08. The van der Waals surface area contributed by atoms with Crippen molar-refractivity contribution < 1.29 is 29.4 Å². The number of hydrogen-bond donors (Lipinski definition) is 8. The number of carboxylic acid groups (broad SMARTS) is 1. The second kappa shape index (κ2) is 16.1. The number of carbonyl (C=O) groups excluding carboxylic acids is 3. The molecular formula is C24H39N7O6. The van der Waals surface area contributed by atoms with Gasteiger partial charge >= 0.3 is 5.97 Å². The monoisotopic (exact) mass is 521 g/mol. The first-order valence-corrected chi connectivity index (χ1v) is 12.0. The van der Waals surface area contributed by atoms with Crippen LogP contribution in [-0.2, 0) is 25.6 Å². The topological polar surface area (TPSA) is 235 Å². The number of guanidine groups is 1. The molecular weight excluding hydrogens is 482 g/mol. The molecule has 13 heteroatoms. The van der Waals surface area contributed by atoms with Crippen LogP contribution in [0.1, 0.15) is 38.7 Å². The van der Waals surface area contributed by atoms with Crippen LogP contribution < -0.4 is 33.2 Å². The molecule has 0 heterocycles. The number of aliphatic imine (C=N–C) groups is 1. The first-order valence-electron chi connectivity index (χ1n) is 12.0. The van der Waals surface area contributed by atoms with Crippen molar-refractivity contribution in [1.29, 1.82) is 0 Å². The summed E-state index contributed by atoms with van der Waals surface area (Å²) in [6.07, 6.45) is 0.844. The standard InChI is InChI=1S/C24H39N7O6/c1-14(2)11-16(25)20(33)29-17(9-6-10-28-24(26)27)21(34)31-19(13-32)22(35)30-18(23(36)37)12-15-7-4-3-5-8-15/h3-5,7-8,14,16-19,32H,6,9-13,25H2,1-2H3,(H,29,33)(H,30,35)(H,31,34)(H,36,37)(H4,26,27,28). The van der Waals surface area contributed by atoms with E-state index < -0.39 is 54.5 Å². The summed E-state index contributed by atoms with van der Waals surface area (Å²) in [4.78, 5) is 53.8. The number of aliphatic carboxylic acids is 1. The Morgan fingerprint density at radius 3 is 2.03 bits per heavy atom. The van der Waals surface area contributed by atoms with Gasteiger partial charge in [0.15, 0.2) is 5.96 Å². The van der Waals surface area contributed by atoms with Gasteiger partial charge in [-0.25, -0.2) is 4.79 Å². The molecule has 0 saturated carbocycles. The van der Waals surface area contributed by atoms with Gasteiger partial charge in [0.05, 0.1) is 12.6 Å². The second-order valence-electron chi connectivity index (χ2n) is 9.08. The minimum Gasteiger partial charge on any atom is -0.480 e. The molecule has 0 aliphatic heterocycles. The van der Waals surface area contributed by atoms with E-state index >= 15 is 0 Å². The lowest BCUT2D eigenvalue weighted by molar-refractivity contribution is -0.142. The van der Waals surface area contributed by atoms with Crippen LogP contribution in [-0.4, -0.2) is 77.2 Å². The van der Waals surface area contributed by atoms with E-state index in [0.717, 1.165) is 0 Å². The van der Waals surface area contributed by atoms with E-state index in [1.165, 1.54) is 0 Å². The zero-order valence-electron chi connectivity index (χ0n) is 21.2. The van der Waals surface area contributed by atoms with Gasteiger partial charge in [-0.05, 0) is 30.7 Å².